The van der Waals surface area contributed by atoms with Crippen molar-refractivity contribution in [2.24, 2.45) is 0 Å². The fourth-order valence-electron chi connectivity index (χ4n) is 3.08. The Morgan fingerprint density at radius 1 is 1.05 bits per heavy atom. The summed E-state index contributed by atoms with van der Waals surface area (Å²) in [5.74, 6) is -0.166. The van der Waals surface area contributed by atoms with Crippen LogP contribution in [0.4, 0.5) is 18.9 Å². The summed E-state index contributed by atoms with van der Waals surface area (Å²) in [6.45, 7) is 4.10. The molecule has 0 amide bonds. The van der Waals surface area contributed by atoms with E-state index >= 15 is 0 Å². The van der Waals surface area contributed by atoms with Crippen molar-refractivity contribution in [1.82, 2.24) is 4.90 Å². The summed E-state index contributed by atoms with van der Waals surface area (Å²) < 4.78 is 40.2. The van der Waals surface area contributed by atoms with E-state index in [9.17, 15) is 13.2 Å². The molecule has 2 fully saturated rings. The zero-order chi connectivity index (χ0) is 14.2. The van der Waals surface area contributed by atoms with Gasteiger partial charge in [0, 0.05) is 31.4 Å². The molecule has 0 N–H and O–H groups in total. The summed E-state index contributed by atoms with van der Waals surface area (Å²) in [6.07, 6.45) is -2.17. The predicted octanol–water partition coefficient (Wildman–Crippen LogP) is 2.87. The molecular weight excluding hydrogens is 269 g/mol. The van der Waals surface area contributed by atoms with E-state index in [4.69, 9.17) is 0 Å². The second-order valence-electron chi connectivity index (χ2n) is 5.32. The van der Waals surface area contributed by atoms with Gasteiger partial charge in [0.25, 0.3) is 0 Å². The molecule has 2 aliphatic rings. The fourth-order valence-corrected chi connectivity index (χ4v) is 3.08. The van der Waals surface area contributed by atoms with Crippen LogP contribution in [0.25, 0.3) is 0 Å². The second kappa shape index (κ2) is 5.16. The lowest BCUT2D eigenvalue weighted by molar-refractivity contribution is -0.274. The summed E-state index contributed by atoms with van der Waals surface area (Å²) in [5.41, 5.74) is 0.964. The van der Waals surface area contributed by atoms with Crippen LogP contribution in [-0.2, 0) is 0 Å². The number of piperazine rings is 1. The normalized spacial score (nSPS) is 23.8. The molecule has 2 saturated heterocycles. The van der Waals surface area contributed by atoms with Gasteiger partial charge in [0.05, 0.1) is 0 Å². The molecule has 0 radical (unpaired) electrons. The van der Waals surface area contributed by atoms with E-state index in [2.05, 4.69) is 14.5 Å². The van der Waals surface area contributed by atoms with Crippen LogP contribution >= 0.6 is 0 Å². The summed E-state index contributed by atoms with van der Waals surface area (Å²) in [7, 11) is 0. The lowest BCUT2D eigenvalue weighted by Gasteiger charge is -2.38. The van der Waals surface area contributed by atoms with Crippen molar-refractivity contribution in [3.8, 4) is 5.75 Å². The molecule has 2 heterocycles. The molecule has 3 rings (SSSR count). The number of anilines is 1. The Hall–Kier alpha value is -1.43. The van der Waals surface area contributed by atoms with E-state index in [-0.39, 0.29) is 5.75 Å². The Bertz CT molecular complexity index is 460. The van der Waals surface area contributed by atoms with Crippen LogP contribution in [0.1, 0.15) is 12.8 Å². The van der Waals surface area contributed by atoms with Crippen molar-refractivity contribution in [3.63, 3.8) is 0 Å². The van der Waals surface area contributed by atoms with Crippen LogP contribution in [0, 0.1) is 0 Å². The minimum atomic E-state index is -4.63. The molecule has 0 spiro atoms. The number of ether oxygens (including phenoxy) is 1. The highest BCUT2D eigenvalue weighted by atomic mass is 19.4. The Morgan fingerprint density at radius 3 is 2.50 bits per heavy atom. The molecule has 110 valence electrons. The largest absolute Gasteiger partial charge is 0.573 e. The quantitative estimate of drug-likeness (QED) is 0.831. The number of benzene rings is 1. The summed E-state index contributed by atoms with van der Waals surface area (Å²) in [6, 6.07) is 6.75. The molecule has 6 heteroatoms. The van der Waals surface area contributed by atoms with Gasteiger partial charge < -0.3 is 9.64 Å². The summed E-state index contributed by atoms with van der Waals surface area (Å²) in [5, 5.41) is 0. The zero-order valence-corrected chi connectivity index (χ0v) is 11.1. The zero-order valence-electron chi connectivity index (χ0n) is 11.1. The average molecular weight is 286 g/mol. The predicted molar refractivity (Wildman–Crippen MR) is 69.9 cm³/mol. The first-order valence-corrected chi connectivity index (χ1v) is 6.86. The SMILES string of the molecule is FC(F)(F)Oc1ccc(N2CCN3CCCC3C2)cc1. The number of hydrogen-bond acceptors (Lipinski definition) is 3. The van der Waals surface area contributed by atoms with Crippen LogP contribution in [0.15, 0.2) is 24.3 Å². The van der Waals surface area contributed by atoms with Crippen molar-refractivity contribution in [2.45, 2.75) is 25.2 Å². The minimum absolute atomic E-state index is 0.166. The van der Waals surface area contributed by atoms with Gasteiger partial charge in [-0.05, 0) is 43.7 Å². The summed E-state index contributed by atoms with van der Waals surface area (Å²) in [4.78, 5) is 4.74. The molecule has 1 unspecified atom stereocenters. The van der Waals surface area contributed by atoms with Gasteiger partial charge in [0.2, 0.25) is 0 Å². The number of rotatable bonds is 2. The average Bonchev–Trinajstić information content (AvgIpc) is 2.85. The van der Waals surface area contributed by atoms with Gasteiger partial charge in [0.1, 0.15) is 5.75 Å². The molecule has 0 bridgehead atoms. The van der Waals surface area contributed by atoms with Crippen LogP contribution in [0.3, 0.4) is 0 Å². The first kappa shape index (κ1) is 13.5. The summed E-state index contributed by atoms with van der Waals surface area (Å²) >= 11 is 0. The van der Waals surface area contributed by atoms with E-state index in [1.807, 2.05) is 0 Å². The molecular formula is C14H17F3N2O. The molecule has 3 nitrogen and oxygen atoms in total. The van der Waals surface area contributed by atoms with Crippen molar-refractivity contribution in [1.29, 1.82) is 0 Å². The standard InChI is InChI=1S/C14H17F3N2O/c15-14(16,17)20-13-5-3-11(4-6-13)19-9-8-18-7-1-2-12(18)10-19/h3-6,12H,1-2,7-10H2. The monoisotopic (exact) mass is 286 g/mol. The second-order valence-corrected chi connectivity index (χ2v) is 5.32. The van der Waals surface area contributed by atoms with Crippen LogP contribution in [-0.4, -0.2) is 43.5 Å². The Morgan fingerprint density at radius 2 is 1.80 bits per heavy atom. The van der Waals surface area contributed by atoms with Crippen molar-refractivity contribution in [3.05, 3.63) is 24.3 Å². The van der Waals surface area contributed by atoms with Crippen molar-refractivity contribution >= 4 is 5.69 Å². The number of hydrogen-bond donors (Lipinski definition) is 0. The molecule has 1 aromatic rings. The van der Waals surface area contributed by atoms with E-state index in [0.717, 1.165) is 25.3 Å². The fraction of sp³-hybridized carbons (Fsp3) is 0.571. The van der Waals surface area contributed by atoms with Crippen molar-refractivity contribution in [2.75, 3.05) is 31.1 Å². The minimum Gasteiger partial charge on any atom is -0.406 e. The molecule has 0 aromatic heterocycles. The van der Waals surface area contributed by atoms with E-state index < -0.39 is 6.36 Å². The van der Waals surface area contributed by atoms with Crippen molar-refractivity contribution < 1.29 is 17.9 Å². The lowest BCUT2D eigenvalue weighted by atomic mass is 10.1. The maximum absolute atomic E-state index is 12.1. The molecule has 1 aromatic carbocycles. The number of fused-ring (bicyclic) bond motifs is 1. The maximum Gasteiger partial charge on any atom is 0.573 e. The van der Waals surface area contributed by atoms with Crippen LogP contribution < -0.4 is 9.64 Å². The van der Waals surface area contributed by atoms with Gasteiger partial charge in [-0.15, -0.1) is 13.2 Å². The number of alkyl halides is 3. The van der Waals surface area contributed by atoms with Gasteiger partial charge in [-0.3, -0.25) is 4.90 Å². The van der Waals surface area contributed by atoms with E-state index in [0.29, 0.717) is 6.04 Å². The molecule has 0 saturated carbocycles. The smallest absolute Gasteiger partial charge is 0.406 e. The van der Waals surface area contributed by atoms with Crippen LogP contribution in [0.2, 0.25) is 0 Å². The number of nitrogens with zero attached hydrogens (tertiary/aromatic N) is 2. The van der Waals surface area contributed by atoms with Gasteiger partial charge in [0.15, 0.2) is 0 Å². The van der Waals surface area contributed by atoms with Gasteiger partial charge in [-0.25, -0.2) is 0 Å². The third-order valence-electron chi connectivity index (χ3n) is 4.02. The molecule has 2 aliphatic heterocycles. The molecule has 0 aliphatic carbocycles. The topological polar surface area (TPSA) is 15.7 Å². The van der Waals surface area contributed by atoms with Gasteiger partial charge in [-0.1, -0.05) is 0 Å². The van der Waals surface area contributed by atoms with E-state index in [1.165, 1.54) is 31.5 Å². The maximum atomic E-state index is 12.1. The lowest BCUT2D eigenvalue weighted by Crippen LogP contribution is -2.50. The number of halogens is 3. The third kappa shape index (κ3) is 3.00. The Balaban J connectivity index is 1.65. The molecule has 20 heavy (non-hydrogen) atoms. The van der Waals surface area contributed by atoms with E-state index in [1.54, 1.807) is 12.1 Å². The van der Waals surface area contributed by atoms with Gasteiger partial charge in [-0.2, -0.15) is 0 Å². The first-order valence-electron chi connectivity index (χ1n) is 6.86. The highest BCUT2D eigenvalue weighted by molar-refractivity contribution is 5.49. The Kier molecular flexibility index (Phi) is 3.50. The highest BCUT2D eigenvalue weighted by Crippen LogP contribution is 2.28. The Labute approximate surface area is 115 Å². The third-order valence-corrected chi connectivity index (χ3v) is 4.02. The molecule has 1 atom stereocenters. The highest BCUT2D eigenvalue weighted by Gasteiger charge is 2.32. The van der Waals surface area contributed by atoms with Gasteiger partial charge >= 0.3 is 6.36 Å². The first-order chi connectivity index (χ1) is 9.51. The van der Waals surface area contributed by atoms with Crippen LogP contribution in [0.5, 0.6) is 5.75 Å².